The number of fused-ring (bicyclic) bond motifs is 1. The summed E-state index contributed by atoms with van der Waals surface area (Å²) in [5, 5.41) is 12.4. The highest BCUT2D eigenvalue weighted by molar-refractivity contribution is 5.84. The fourth-order valence-corrected chi connectivity index (χ4v) is 3.64. The molecule has 2 atom stereocenters. The molecular formula is C21H21F2N3O3. The second kappa shape index (κ2) is 8.78. The lowest BCUT2D eigenvalue weighted by molar-refractivity contribution is -0.0498. The van der Waals surface area contributed by atoms with Crippen molar-refractivity contribution in [1.29, 1.82) is 5.26 Å². The lowest BCUT2D eigenvalue weighted by atomic mass is 9.91. The summed E-state index contributed by atoms with van der Waals surface area (Å²) in [5.41, 5.74) is 2.93. The third kappa shape index (κ3) is 4.24. The van der Waals surface area contributed by atoms with Gasteiger partial charge in [0.1, 0.15) is 5.75 Å². The predicted octanol–water partition coefficient (Wildman–Crippen LogP) is 5.04. The summed E-state index contributed by atoms with van der Waals surface area (Å²) in [6.45, 7) is 1.60. The minimum Gasteiger partial charge on any atom is -0.450 e. The second-order valence-corrected chi connectivity index (χ2v) is 6.40. The average Bonchev–Trinajstić information content (AvgIpc) is 3.01. The molecule has 1 aliphatic rings. The molecule has 0 spiro atoms. The molecule has 0 fully saturated rings. The fourth-order valence-electron chi connectivity index (χ4n) is 3.64. The number of likely N-dealkylation sites (N-methyl/N-ethyl adjacent to an activating group) is 1. The Labute approximate surface area is 167 Å². The third-order valence-corrected chi connectivity index (χ3v) is 4.78. The van der Waals surface area contributed by atoms with Crippen LogP contribution in [0.4, 0.5) is 25.0 Å². The smallest absolute Gasteiger partial charge is 0.411 e. The van der Waals surface area contributed by atoms with Gasteiger partial charge in [0.2, 0.25) is 0 Å². The van der Waals surface area contributed by atoms with Gasteiger partial charge in [0.05, 0.1) is 24.6 Å². The fraction of sp³-hybridized carbons (Fsp3) is 0.333. The zero-order chi connectivity index (χ0) is 21.0. The van der Waals surface area contributed by atoms with Crippen molar-refractivity contribution in [2.75, 3.05) is 23.4 Å². The highest BCUT2D eigenvalue weighted by Gasteiger charge is 2.39. The first-order chi connectivity index (χ1) is 14.0. The Hall–Kier alpha value is -3.34. The summed E-state index contributed by atoms with van der Waals surface area (Å²) in [6, 6.07) is 13.9. The van der Waals surface area contributed by atoms with E-state index in [1.54, 1.807) is 31.2 Å². The van der Waals surface area contributed by atoms with Gasteiger partial charge in [0, 0.05) is 24.0 Å². The lowest BCUT2D eigenvalue weighted by Gasteiger charge is -2.28. The van der Waals surface area contributed by atoms with E-state index in [2.05, 4.69) is 16.1 Å². The van der Waals surface area contributed by atoms with Crippen molar-refractivity contribution in [3.8, 4) is 11.8 Å². The van der Waals surface area contributed by atoms with E-state index in [9.17, 15) is 18.8 Å². The van der Waals surface area contributed by atoms with E-state index in [0.29, 0.717) is 17.9 Å². The van der Waals surface area contributed by atoms with Crippen molar-refractivity contribution in [3.05, 3.63) is 53.6 Å². The summed E-state index contributed by atoms with van der Waals surface area (Å²) >= 11 is 0. The summed E-state index contributed by atoms with van der Waals surface area (Å²) in [6.07, 6.45) is -0.537. The summed E-state index contributed by atoms with van der Waals surface area (Å²) < 4.78 is 34.5. The first-order valence-electron chi connectivity index (χ1n) is 9.27. The van der Waals surface area contributed by atoms with Crippen LogP contribution in [0.1, 0.15) is 36.9 Å². The van der Waals surface area contributed by atoms with Gasteiger partial charge in [-0.05, 0) is 43.2 Å². The van der Waals surface area contributed by atoms with Gasteiger partial charge in [-0.2, -0.15) is 14.0 Å². The SMILES string of the molecule is CCOC(=O)Nc1ccc(C2C(C#N)c3ccc(OC(F)F)cc3N2CC)cc1. The number of ether oxygens (including phenoxy) is 2. The van der Waals surface area contributed by atoms with Crippen molar-refractivity contribution in [2.45, 2.75) is 32.4 Å². The molecule has 1 N–H and O–H groups in total. The number of amides is 1. The molecule has 0 aromatic heterocycles. The van der Waals surface area contributed by atoms with Crippen molar-refractivity contribution < 1.29 is 23.0 Å². The summed E-state index contributed by atoms with van der Waals surface area (Å²) in [4.78, 5) is 13.6. The van der Waals surface area contributed by atoms with Gasteiger partial charge in [-0.1, -0.05) is 18.2 Å². The predicted molar refractivity (Wildman–Crippen MR) is 104 cm³/mol. The number of nitrogens with zero attached hydrogens (tertiary/aromatic N) is 2. The molecule has 3 rings (SSSR count). The van der Waals surface area contributed by atoms with Crippen LogP contribution in [0.25, 0.3) is 0 Å². The zero-order valence-corrected chi connectivity index (χ0v) is 16.1. The molecule has 6 nitrogen and oxygen atoms in total. The van der Waals surface area contributed by atoms with Crippen LogP contribution in [0.15, 0.2) is 42.5 Å². The number of rotatable bonds is 6. The topological polar surface area (TPSA) is 74.6 Å². The van der Waals surface area contributed by atoms with E-state index >= 15 is 0 Å². The molecular weight excluding hydrogens is 380 g/mol. The van der Waals surface area contributed by atoms with Gasteiger partial charge in [-0.3, -0.25) is 5.32 Å². The maximum Gasteiger partial charge on any atom is 0.411 e. The highest BCUT2D eigenvalue weighted by Crippen LogP contribution is 2.49. The van der Waals surface area contributed by atoms with Crippen LogP contribution in [0.3, 0.4) is 0 Å². The molecule has 1 amide bonds. The maximum atomic E-state index is 12.6. The molecule has 8 heteroatoms. The van der Waals surface area contributed by atoms with Crippen LogP contribution < -0.4 is 15.0 Å². The number of carbonyl (C=O) groups is 1. The number of hydrogen-bond donors (Lipinski definition) is 1. The zero-order valence-electron chi connectivity index (χ0n) is 16.1. The number of nitrogens with one attached hydrogen (secondary N) is 1. The maximum absolute atomic E-state index is 12.6. The highest BCUT2D eigenvalue weighted by atomic mass is 19.3. The van der Waals surface area contributed by atoms with Gasteiger partial charge in [-0.25, -0.2) is 4.79 Å². The molecule has 0 aliphatic carbocycles. The van der Waals surface area contributed by atoms with Crippen molar-refractivity contribution in [3.63, 3.8) is 0 Å². The van der Waals surface area contributed by atoms with Gasteiger partial charge >= 0.3 is 12.7 Å². The number of carbonyl (C=O) groups excluding carboxylic acids is 1. The largest absolute Gasteiger partial charge is 0.450 e. The Kier molecular flexibility index (Phi) is 6.17. The van der Waals surface area contributed by atoms with Crippen LogP contribution in [-0.4, -0.2) is 25.9 Å². The molecule has 29 heavy (non-hydrogen) atoms. The van der Waals surface area contributed by atoms with Crippen molar-refractivity contribution >= 4 is 17.5 Å². The minimum absolute atomic E-state index is 0.0588. The Morgan fingerprint density at radius 2 is 1.97 bits per heavy atom. The summed E-state index contributed by atoms with van der Waals surface area (Å²) in [7, 11) is 0. The molecule has 2 aromatic rings. The Morgan fingerprint density at radius 1 is 1.24 bits per heavy atom. The Balaban J connectivity index is 1.90. The van der Waals surface area contributed by atoms with E-state index in [-0.39, 0.29) is 18.4 Å². The summed E-state index contributed by atoms with van der Waals surface area (Å²) in [5.74, 6) is -0.405. The van der Waals surface area contributed by atoms with Gasteiger partial charge in [0.15, 0.2) is 0 Å². The Bertz CT molecular complexity index is 912. The molecule has 0 saturated carbocycles. The van der Waals surface area contributed by atoms with Gasteiger partial charge in [0.25, 0.3) is 0 Å². The number of hydrogen-bond acceptors (Lipinski definition) is 5. The molecule has 152 valence electrons. The van der Waals surface area contributed by atoms with Crippen LogP contribution in [0.2, 0.25) is 0 Å². The quantitative estimate of drug-likeness (QED) is 0.734. The number of anilines is 2. The first-order valence-corrected chi connectivity index (χ1v) is 9.27. The van der Waals surface area contributed by atoms with E-state index in [1.807, 2.05) is 24.0 Å². The number of nitriles is 1. The normalized spacial score (nSPS) is 17.6. The molecule has 0 saturated heterocycles. The van der Waals surface area contributed by atoms with E-state index < -0.39 is 18.6 Å². The Morgan fingerprint density at radius 3 is 2.55 bits per heavy atom. The number of alkyl halides is 2. The monoisotopic (exact) mass is 401 g/mol. The standard InChI is InChI=1S/C21H21F2N3O3/c1-3-26-18-11-15(29-20(22)23)9-10-16(18)17(12-24)19(26)13-5-7-14(8-6-13)25-21(27)28-4-2/h5-11,17,19-20H,3-4H2,1-2H3,(H,25,27). The molecule has 0 radical (unpaired) electrons. The molecule has 2 aromatic carbocycles. The van der Waals surface area contributed by atoms with E-state index in [1.165, 1.54) is 6.07 Å². The van der Waals surface area contributed by atoms with Crippen LogP contribution in [-0.2, 0) is 4.74 Å². The van der Waals surface area contributed by atoms with Crippen LogP contribution in [0.5, 0.6) is 5.75 Å². The van der Waals surface area contributed by atoms with Crippen LogP contribution in [0, 0.1) is 11.3 Å². The van der Waals surface area contributed by atoms with Crippen molar-refractivity contribution in [2.24, 2.45) is 0 Å². The molecule has 1 heterocycles. The second-order valence-electron chi connectivity index (χ2n) is 6.40. The number of halogens is 2. The third-order valence-electron chi connectivity index (χ3n) is 4.78. The minimum atomic E-state index is -2.91. The van der Waals surface area contributed by atoms with E-state index in [4.69, 9.17) is 4.74 Å². The van der Waals surface area contributed by atoms with E-state index in [0.717, 1.165) is 11.1 Å². The van der Waals surface area contributed by atoms with Gasteiger partial charge in [-0.15, -0.1) is 0 Å². The van der Waals surface area contributed by atoms with Gasteiger partial charge < -0.3 is 14.4 Å². The molecule has 0 bridgehead atoms. The molecule has 1 aliphatic heterocycles. The van der Waals surface area contributed by atoms with Crippen LogP contribution >= 0.6 is 0 Å². The first kappa shape index (κ1) is 20.4. The van der Waals surface area contributed by atoms with Crippen molar-refractivity contribution in [1.82, 2.24) is 0 Å². The lowest BCUT2D eigenvalue weighted by Crippen LogP contribution is -2.26. The molecule has 2 unspecified atom stereocenters. The average molecular weight is 401 g/mol. The number of benzene rings is 2.